The van der Waals surface area contributed by atoms with Gasteiger partial charge < -0.3 is 20.1 Å². The van der Waals surface area contributed by atoms with Crippen LogP contribution in [0.15, 0.2) is 24.4 Å². The molecule has 0 fully saturated rings. The Balaban J connectivity index is 1.78. The van der Waals surface area contributed by atoms with E-state index in [9.17, 15) is 32.7 Å². The summed E-state index contributed by atoms with van der Waals surface area (Å²) in [7, 11) is 0. The van der Waals surface area contributed by atoms with Crippen LogP contribution < -0.4 is 5.32 Å². The first-order chi connectivity index (χ1) is 15.2. The number of carbonyl (C=O) groups is 3. The number of ether oxygens (including phenoxy) is 1. The van der Waals surface area contributed by atoms with Crippen molar-refractivity contribution in [3.8, 4) is 0 Å². The molecular weight excluding hydrogens is 443 g/mol. The third-order valence-corrected chi connectivity index (χ3v) is 5.48. The molecule has 3 rings (SSSR count). The molecule has 0 spiro atoms. The Morgan fingerprint density at radius 1 is 1.30 bits per heavy atom. The minimum atomic E-state index is -4.56. The number of halogens is 3. The quantitative estimate of drug-likeness (QED) is 0.655. The van der Waals surface area contributed by atoms with E-state index in [1.807, 2.05) is 0 Å². The van der Waals surface area contributed by atoms with Crippen LogP contribution in [0.2, 0.25) is 0 Å². The largest absolute Gasteiger partial charge is 0.481 e. The van der Waals surface area contributed by atoms with E-state index in [4.69, 9.17) is 4.74 Å². The molecule has 0 saturated carbocycles. The number of aromatic nitrogens is 1. The van der Waals surface area contributed by atoms with Gasteiger partial charge in [-0.05, 0) is 38.8 Å². The molecule has 11 heteroatoms. The number of carboxylic acids is 1. The summed E-state index contributed by atoms with van der Waals surface area (Å²) < 4.78 is 44.4. The lowest BCUT2D eigenvalue weighted by atomic mass is 9.81. The summed E-state index contributed by atoms with van der Waals surface area (Å²) in [6.45, 7) is 5.18. The number of nitrogens with zero attached hydrogens (tertiary/aromatic N) is 2. The van der Waals surface area contributed by atoms with Crippen molar-refractivity contribution in [2.45, 2.75) is 64.4 Å². The van der Waals surface area contributed by atoms with Crippen molar-refractivity contribution in [3.63, 3.8) is 0 Å². The molecule has 2 atom stereocenters. The van der Waals surface area contributed by atoms with Crippen molar-refractivity contribution < 1.29 is 37.4 Å². The van der Waals surface area contributed by atoms with E-state index in [2.05, 4.69) is 10.3 Å². The van der Waals surface area contributed by atoms with Gasteiger partial charge in [0.15, 0.2) is 0 Å². The first kappa shape index (κ1) is 24.5. The second-order valence-electron chi connectivity index (χ2n) is 9.35. The maximum atomic E-state index is 13.4. The van der Waals surface area contributed by atoms with Gasteiger partial charge in [-0.3, -0.25) is 14.6 Å². The fraction of sp³-hybridized carbons (Fsp3) is 0.545. The predicted molar refractivity (Wildman–Crippen MR) is 110 cm³/mol. The fourth-order valence-electron chi connectivity index (χ4n) is 4.09. The molecule has 2 aliphatic rings. The highest BCUT2D eigenvalue weighted by molar-refractivity contribution is 5.90. The molecule has 2 heterocycles. The van der Waals surface area contributed by atoms with Crippen molar-refractivity contribution in [3.05, 3.63) is 41.2 Å². The van der Waals surface area contributed by atoms with E-state index in [1.165, 1.54) is 11.0 Å². The molecule has 2 amide bonds. The molecule has 180 valence electrons. The summed E-state index contributed by atoms with van der Waals surface area (Å²) in [6.07, 6.45) is -1.74. The van der Waals surface area contributed by atoms with Gasteiger partial charge in [0, 0.05) is 31.4 Å². The molecule has 0 bridgehead atoms. The molecule has 1 aromatic rings. The topological polar surface area (TPSA) is 109 Å². The summed E-state index contributed by atoms with van der Waals surface area (Å²) in [5.74, 6) is -1.72. The van der Waals surface area contributed by atoms with Crippen LogP contribution in [0.25, 0.3) is 0 Å². The molecular formula is C22H26F3N3O5. The monoisotopic (exact) mass is 469 g/mol. The van der Waals surface area contributed by atoms with Crippen LogP contribution in [0.4, 0.5) is 18.0 Å². The smallest absolute Gasteiger partial charge is 0.417 e. The Morgan fingerprint density at radius 3 is 2.61 bits per heavy atom. The van der Waals surface area contributed by atoms with Crippen molar-refractivity contribution in [2.75, 3.05) is 6.54 Å². The van der Waals surface area contributed by atoms with Crippen molar-refractivity contribution in [2.24, 2.45) is 5.41 Å². The zero-order valence-corrected chi connectivity index (χ0v) is 18.5. The number of hydrogen-bond donors (Lipinski definition) is 2. The minimum absolute atomic E-state index is 0.00156. The van der Waals surface area contributed by atoms with Gasteiger partial charge in [-0.1, -0.05) is 12.2 Å². The molecule has 0 radical (unpaired) electrons. The molecule has 1 aliphatic heterocycles. The summed E-state index contributed by atoms with van der Waals surface area (Å²) >= 11 is 0. The number of nitrogens with one attached hydrogen (secondary N) is 1. The number of carbonyl (C=O) groups excluding carboxylic acids is 2. The lowest BCUT2D eigenvalue weighted by molar-refractivity contribution is -0.149. The molecule has 1 aliphatic carbocycles. The van der Waals surface area contributed by atoms with E-state index in [0.717, 1.165) is 12.3 Å². The normalized spacial score (nSPS) is 22.6. The van der Waals surface area contributed by atoms with Crippen LogP contribution in [-0.2, 0) is 33.5 Å². The maximum Gasteiger partial charge on any atom is 0.417 e. The van der Waals surface area contributed by atoms with Gasteiger partial charge in [0.2, 0.25) is 5.91 Å². The lowest BCUT2D eigenvalue weighted by Crippen LogP contribution is -2.47. The summed E-state index contributed by atoms with van der Waals surface area (Å²) in [6, 6.07) is 0.349. The Kier molecular flexibility index (Phi) is 6.45. The first-order valence-electron chi connectivity index (χ1n) is 10.4. The average Bonchev–Trinajstić information content (AvgIpc) is 3.06. The zero-order valence-electron chi connectivity index (χ0n) is 18.5. The summed E-state index contributed by atoms with van der Waals surface area (Å²) in [5.41, 5.74) is -2.31. The van der Waals surface area contributed by atoms with Crippen molar-refractivity contribution >= 4 is 18.0 Å². The molecule has 2 N–H and O–H groups in total. The van der Waals surface area contributed by atoms with Gasteiger partial charge in [0.25, 0.3) is 0 Å². The van der Waals surface area contributed by atoms with Gasteiger partial charge in [-0.15, -0.1) is 0 Å². The number of carboxylic acid groups (broad SMARTS) is 1. The number of aliphatic carboxylic acids is 1. The number of rotatable bonds is 4. The second kappa shape index (κ2) is 8.68. The van der Waals surface area contributed by atoms with Gasteiger partial charge in [0.05, 0.1) is 23.4 Å². The van der Waals surface area contributed by atoms with Crippen LogP contribution >= 0.6 is 0 Å². The highest BCUT2D eigenvalue weighted by atomic mass is 19.4. The molecule has 0 aromatic carbocycles. The van der Waals surface area contributed by atoms with Crippen LogP contribution in [0, 0.1) is 5.41 Å². The van der Waals surface area contributed by atoms with Gasteiger partial charge in [-0.25, -0.2) is 4.79 Å². The Labute approximate surface area is 188 Å². The van der Waals surface area contributed by atoms with Gasteiger partial charge >= 0.3 is 18.2 Å². The maximum absolute atomic E-state index is 13.4. The number of alkyl carbamates (subject to hydrolysis) is 1. The SMILES string of the molecule is CC(C)(C)OC(=O)N[C@H]1C=C[C@](CC(=O)O)(C(=O)N2CCc3ncc(C(F)(F)F)cc3C2)C1. The molecule has 33 heavy (non-hydrogen) atoms. The summed E-state index contributed by atoms with van der Waals surface area (Å²) in [5, 5.41) is 12.1. The van der Waals surface area contributed by atoms with Crippen LogP contribution in [-0.4, -0.2) is 51.1 Å². The Morgan fingerprint density at radius 2 is 2.00 bits per heavy atom. The molecule has 1 aromatic heterocycles. The molecule has 0 unspecified atom stereocenters. The Bertz CT molecular complexity index is 986. The number of pyridine rings is 1. The third-order valence-electron chi connectivity index (χ3n) is 5.48. The second-order valence-corrected chi connectivity index (χ2v) is 9.35. The Hall–Kier alpha value is -3.11. The van der Waals surface area contributed by atoms with Crippen LogP contribution in [0.1, 0.15) is 50.4 Å². The van der Waals surface area contributed by atoms with E-state index >= 15 is 0 Å². The van der Waals surface area contributed by atoms with Crippen LogP contribution in [0.5, 0.6) is 0 Å². The minimum Gasteiger partial charge on any atom is -0.481 e. The van der Waals surface area contributed by atoms with Crippen LogP contribution in [0.3, 0.4) is 0 Å². The summed E-state index contributed by atoms with van der Waals surface area (Å²) in [4.78, 5) is 42.3. The highest BCUT2D eigenvalue weighted by Crippen LogP contribution is 2.39. The first-order valence-corrected chi connectivity index (χ1v) is 10.4. The van der Waals surface area contributed by atoms with Crippen molar-refractivity contribution in [1.29, 1.82) is 0 Å². The van der Waals surface area contributed by atoms with E-state index in [1.54, 1.807) is 26.8 Å². The molecule has 8 nitrogen and oxygen atoms in total. The standard InChI is InChI=1S/C22H26F3N3O5/c1-20(2,3)33-19(32)27-15-4-6-21(9-15,10-17(29)30)18(31)28-7-5-16-13(12-28)8-14(11-26-16)22(23,24)25/h4,6,8,11,15H,5,7,9-10,12H2,1-3H3,(H,27,32)(H,29,30)/t15-,21-/m0/s1. The number of hydrogen-bond acceptors (Lipinski definition) is 5. The third kappa shape index (κ3) is 5.82. The van der Waals surface area contributed by atoms with E-state index in [0.29, 0.717) is 5.69 Å². The number of alkyl halides is 3. The molecule has 0 saturated heterocycles. The van der Waals surface area contributed by atoms with Gasteiger partial charge in [-0.2, -0.15) is 13.2 Å². The van der Waals surface area contributed by atoms with Gasteiger partial charge in [0.1, 0.15) is 5.60 Å². The average molecular weight is 469 g/mol. The fourth-order valence-corrected chi connectivity index (χ4v) is 4.09. The number of amides is 2. The van der Waals surface area contributed by atoms with Crippen molar-refractivity contribution in [1.82, 2.24) is 15.2 Å². The van der Waals surface area contributed by atoms with E-state index in [-0.39, 0.29) is 31.5 Å². The van der Waals surface area contributed by atoms with E-state index < -0.39 is 53.2 Å². The highest BCUT2D eigenvalue weighted by Gasteiger charge is 2.46. The zero-order chi connectivity index (χ0) is 24.6. The lowest BCUT2D eigenvalue weighted by Gasteiger charge is -2.36. The number of fused-ring (bicyclic) bond motifs is 1. The predicted octanol–water partition coefficient (Wildman–Crippen LogP) is 3.30.